The number of anilines is 2. The summed E-state index contributed by atoms with van der Waals surface area (Å²) in [4.78, 5) is 65.6. The molecule has 91 heavy (non-hydrogen) atoms. The Morgan fingerprint density at radius 1 is 0.549 bits per heavy atom. The highest BCUT2D eigenvalue weighted by atomic mass is 16.5. The summed E-state index contributed by atoms with van der Waals surface area (Å²) in [5.41, 5.74) is 10.00. The summed E-state index contributed by atoms with van der Waals surface area (Å²) in [6, 6.07) is 22.2. The largest absolute Gasteiger partial charge is 0.496 e. The van der Waals surface area contributed by atoms with Gasteiger partial charge in [0.15, 0.2) is 0 Å². The Bertz CT molecular complexity index is 3500. The molecular weight excluding hydrogens is 1140 g/mol. The van der Waals surface area contributed by atoms with Gasteiger partial charge in [-0.2, -0.15) is 10.2 Å². The number of carbonyl (C=O) groups is 4. The number of ether oxygens (including phenoxy) is 2. The van der Waals surface area contributed by atoms with E-state index in [0.717, 1.165) is 180 Å². The number of Topliss-reactive ketones (excluding diaryl/α,β-unsaturated/α-hetero) is 1. The number of carbonyl (C=O) groups excluding carboxylic acids is 3. The SMILES string of the molecule is COc1ccc(C23CCC(CN(C(=O)C4CCC(CC(C)=O)CC4)c4cc(-c5cnn(C(C)C)c5)ccn4)(CC2)CC3)cc1C.COc1ccc(C23CCC(CN(C(=O)C4CCC(CCC(=O)O)CC4)c4cc(-c5cnn(C(C)C)c5)ccn4)(CC2)CC3)cc1C. The first-order chi connectivity index (χ1) is 43.7. The third-order valence-corrected chi connectivity index (χ3v) is 23.0. The number of fused-ring (bicyclic) bond motifs is 6. The predicted octanol–water partition coefficient (Wildman–Crippen LogP) is 16.4. The highest BCUT2D eigenvalue weighted by Crippen LogP contribution is 2.60. The van der Waals surface area contributed by atoms with Crippen LogP contribution in [-0.2, 0) is 30.0 Å². The number of aryl methyl sites for hydroxylation is 2. The number of benzene rings is 2. The molecule has 15 heteroatoms. The van der Waals surface area contributed by atoms with Crippen LogP contribution in [0.5, 0.6) is 11.5 Å². The first kappa shape index (κ1) is 65.3. The fraction of sp³-hybridized carbons (Fsp3) is 0.579. The van der Waals surface area contributed by atoms with Crippen molar-refractivity contribution in [2.24, 2.45) is 34.5 Å². The highest BCUT2D eigenvalue weighted by Gasteiger charge is 2.53. The molecule has 14 rings (SSSR count). The van der Waals surface area contributed by atoms with Gasteiger partial charge in [-0.3, -0.25) is 33.5 Å². The van der Waals surface area contributed by atoms with Gasteiger partial charge in [-0.1, -0.05) is 24.3 Å². The molecule has 0 spiro atoms. The summed E-state index contributed by atoms with van der Waals surface area (Å²) in [6.45, 7) is 15.8. The van der Waals surface area contributed by atoms with E-state index in [4.69, 9.17) is 24.5 Å². The minimum Gasteiger partial charge on any atom is -0.496 e. The fourth-order valence-corrected chi connectivity index (χ4v) is 17.0. The van der Waals surface area contributed by atoms with E-state index in [2.05, 4.69) is 118 Å². The van der Waals surface area contributed by atoms with Gasteiger partial charge in [-0.05, 0) is 287 Å². The lowest BCUT2D eigenvalue weighted by atomic mass is 9.51. The van der Waals surface area contributed by atoms with Gasteiger partial charge in [0, 0.05) is 85.8 Å². The van der Waals surface area contributed by atoms with Crippen LogP contribution in [0.4, 0.5) is 11.6 Å². The van der Waals surface area contributed by atoms with E-state index in [1.54, 1.807) is 21.1 Å². The maximum absolute atomic E-state index is 14.5. The average Bonchev–Trinajstić information content (AvgIpc) is 1.22. The van der Waals surface area contributed by atoms with Crippen molar-refractivity contribution in [2.75, 3.05) is 37.1 Å². The van der Waals surface area contributed by atoms with Crippen LogP contribution in [0.2, 0.25) is 0 Å². The van der Waals surface area contributed by atoms with Crippen LogP contribution in [0.25, 0.3) is 22.3 Å². The first-order valence-electron chi connectivity index (χ1n) is 34.4. The molecule has 0 radical (unpaired) electrons. The zero-order chi connectivity index (χ0) is 64.2. The number of aliphatic carboxylic acids is 1. The van der Waals surface area contributed by atoms with E-state index >= 15 is 0 Å². The number of hydrogen-bond acceptors (Lipinski definition) is 10. The second-order valence-electron chi connectivity index (χ2n) is 29.5. The van der Waals surface area contributed by atoms with Gasteiger partial charge in [0.25, 0.3) is 0 Å². The summed E-state index contributed by atoms with van der Waals surface area (Å²) in [7, 11) is 3.47. The number of hydrogen-bond donors (Lipinski definition) is 1. The zero-order valence-corrected chi connectivity index (χ0v) is 55.9. The molecule has 2 amide bonds. The van der Waals surface area contributed by atoms with Crippen molar-refractivity contribution in [3.05, 3.63) is 120 Å². The number of methoxy groups -OCH3 is 2. The lowest BCUT2D eigenvalue weighted by molar-refractivity contribution is -0.137. The van der Waals surface area contributed by atoms with E-state index in [1.807, 2.05) is 51.2 Å². The molecule has 6 aromatic rings. The zero-order valence-electron chi connectivity index (χ0n) is 55.9. The molecular formula is C76H100N8O7. The van der Waals surface area contributed by atoms with Gasteiger partial charge < -0.3 is 19.4 Å². The second kappa shape index (κ2) is 27.6. The maximum Gasteiger partial charge on any atom is 0.303 e. The van der Waals surface area contributed by atoms with E-state index in [9.17, 15) is 19.2 Å². The van der Waals surface area contributed by atoms with Crippen molar-refractivity contribution in [3.63, 3.8) is 0 Å². The quantitative estimate of drug-likeness (QED) is 0.0726. The Labute approximate surface area is 540 Å². The van der Waals surface area contributed by atoms with E-state index < -0.39 is 5.97 Å². The van der Waals surface area contributed by atoms with Crippen molar-refractivity contribution < 1.29 is 33.8 Å². The fourth-order valence-electron chi connectivity index (χ4n) is 17.0. The molecule has 0 atom stereocenters. The lowest BCUT2D eigenvalue weighted by Crippen LogP contribution is -2.52. The number of carboxylic acids is 1. The smallest absolute Gasteiger partial charge is 0.303 e. The van der Waals surface area contributed by atoms with Crippen LogP contribution in [0.1, 0.15) is 217 Å². The van der Waals surface area contributed by atoms with Crippen molar-refractivity contribution in [3.8, 4) is 33.8 Å². The van der Waals surface area contributed by atoms with Crippen LogP contribution in [0.15, 0.2) is 97.8 Å². The summed E-state index contributed by atoms with van der Waals surface area (Å²) in [5, 5.41) is 18.3. The Kier molecular flexibility index (Phi) is 19.8. The molecule has 8 aliphatic rings. The molecule has 0 saturated heterocycles. The molecule has 4 bridgehead atoms. The average molecular weight is 1240 g/mol. The van der Waals surface area contributed by atoms with Gasteiger partial charge in [0.05, 0.1) is 26.6 Å². The minimum absolute atomic E-state index is 0.0210. The van der Waals surface area contributed by atoms with Crippen molar-refractivity contribution in [1.29, 1.82) is 0 Å². The normalized spacial score (nSPS) is 26.0. The summed E-state index contributed by atoms with van der Waals surface area (Å²) >= 11 is 0. The van der Waals surface area contributed by atoms with E-state index in [1.165, 1.54) is 22.3 Å². The molecule has 8 saturated carbocycles. The number of nitrogens with zero attached hydrogens (tertiary/aromatic N) is 8. The molecule has 4 aromatic heterocycles. The van der Waals surface area contributed by atoms with Gasteiger partial charge in [-0.15, -0.1) is 0 Å². The highest BCUT2D eigenvalue weighted by molar-refractivity contribution is 5.96. The Balaban J connectivity index is 0.000000187. The maximum atomic E-state index is 14.5. The van der Waals surface area contributed by atoms with Crippen LogP contribution in [0.3, 0.4) is 0 Å². The number of rotatable bonds is 21. The number of pyridine rings is 2. The Morgan fingerprint density at radius 3 is 1.29 bits per heavy atom. The molecule has 4 heterocycles. The molecule has 8 fully saturated rings. The number of carboxylic acid groups (broad SMARTS) is 1. The van der Waals surface area contributed by atoms with Crippen LogP contribution < -0.4 is 19.3 Å². The van der Waals surface area contributed by atoms with Gasteiger partial charge >= 0.3 is 5.97 Å². The molecule has 486 valence electrons. The number of aromatic nitrogens is 6. The Hall–Kier alpha value is -7.16. The van der Waals surface area contributed by atoms with E-state index in [0.29, 0.717) is 31.2 Å². The second-order valence-corrected chi connectivity index (χ2v) is 29.5. The molecule has 0 unspecified atom stereocenters. The summed E-state index contributed by atoms with van der Waals surface area (Å²) in [5.74, 6) is 4.00. The molecule has 2 aromatic carbocycles. The van der Waals surface area contributed by atoms with Crippen molar-refractivity contribution in [1.82, 2.24) is 29.5 Å². The Morgan fingerprint density at radius 2 is 0.945 bits per heavy atom. The van der Waals surface area contributed by atoms with Gasteiger partial charge in [0.2, 0.25) is 11.8 Å². The standard InChI is InChI=1S/C38H50N4O4.C38H50N4O3/c1-26(2)42-24-31(23-40-42)30-13-20-39-34(22-30)41(36(45)29-8-5-28(6-9-29)7-12-35(43)44)25-37-14-17-38(18-15-37,19-16-37)32-10-11-33(46-4)27(3)21-32;1-26(2)42-24-32(23-40-42)31-12-19-39-35(22-31)41(36(44)30-8-6-29(7-9-30)21-28(4)43)25-37-13-16-38(17-14-37,18-15-37)33-10-11-34(45-5)27(3)20-33/h10-11,13,20-24,26,28-29H,5-9,12,14-19,25H2,1-4H3,(H,43,44);10-12,19-20,22-24,26,29-30H,6-9,13-18,21,25H2,1-5H3. The summed E-state index contributed by atoms with van der Waals surface area (Å²) in [6.07, 6.45) is 33.7. The molecule has 1 N–H and O–H groups in total. The van der Waals surface area contributed by atoms with Gasteiger partial charge in [-0.25, -0.2) is 9.97 Å². The van der Waals surface area contributed by atoms with E-state index in [-0.39, 0.29) is 69.6 Å². The predicted molar refractivity (Wildman–Crippen MR) is 359 cm³/mol. The molecule has 8 aliphatic carbocycles. The summed E-state index contributed by atoms with van der Waals surface area (Å²) < 4.78 is 15.0. The minimum atomic E-state index is -0.736. The van der Waals surface area contributed by atoms with Crippen LogP contribution >= 0.6 is 0 Å². The lowest BCUT2D eigenvalue weighted by Gasteiger charge is -2.55. The van der Waals surface area contributed by atoms with Crippen molar-refractivity contribution >= 4 is 35.2 Å². The topological polar surface area (TPSA) is 175 Å². The monoisotopic (exact) mass is 1240 g/mol. The molecule has 0 aliphatic heterocycles. The van der Waals surface area contributed by atoms with Crippen molar-refractivity contribution in [2.45, 2.75) is 219 Å². The first-order valence-corrected chi connectivity index (χ1v) is 34.4. The third kappa shape index (κ3) is 14.4. The number of amides is 2. The third-order valence-electron chi connectivity index (χ3n) is 23.0. The van der Waals surface area contributed by atoms with Gasteiger partial charge in [0.1, 0.15) is 28.9 Å². The van der Waals surface area contributed by atoms with Crippen LogP contribution in [0, 0.1) is 48.3 Å². The molecule has 15 nitrogen and oxygen atoms in total. The van der Waals surface area contributed by atoms with Crippen LogP contribution in [-0.4, -0.2) is 85.5 Å². The number of ketones is 1.